The Bertz CT molecular complexity index is 150. The van der Waals surface area contributed by atoms with Crippen LogP contribution < -0.4 is 0 Å². The smallest absolute Gasteiger partial charge is 0.327 e. The van der Waals surface area contributed by atoms with Gasteiger partial charge in [-0.2, -0.15) is 0 Å². The molecule has 0 spiro atoms. The SMILES string of the molecule is C1COCCO1.CCCC=CC(=O)O. The maximum Gasteiger partial charge on any atom is 0.327 e. The first-order valence-corrected chi connectivity index (χ1v) is 4.82. The summed E-state index contributed by atoms with van der Waals surface area (Å²) in [5, 5.41) is 8.05. The van der Waals surface area contributed by atoms with Gasteiger partial charge in [-0.15, -0.1) is 0 Å². The van der Waals surface area contributed by atoms with Crippen LogP contribution in [0.4, 0.5) is 0 Å². The minimum Gasteiger partial charge on any atom is -0.478 e. The third-order valence-electron chi connectivity index (χ3n) is 1.46. The molecule has 0 aliphatic carbocycles. The number of rotatable bonds is 3. The number of carboxylic acids is 1. The molecule has 0 unspecified atom stereocenters. The van der Waals surface area contributed by atoms with Crippen LogP contribution in [0, 0.1) is 0 Å². The largest absolute Gasteiger partial charge is 0.478 e. The Hall–Kier alpha value is -0.870. The highest BCUT2D eigenvalue weighted by atomic mass is 16.6. The molecule has 1 N–H and O–H groups in total. The first kappa shape index (κ1) is 13.1. The standard InChI is InChI=1S/C6H10O2.C4H8O2/c1-2-3-4-5-6(7)8;1-2-6-4-3-5-1/h4-5H,2-3H2,1H3,(H,7,8);1-4H2. The first-order valence-electron chi connectivity index (χ1n) is 4.82. The van der Waals surface area contributed by atoms with Crippen LogP contribution in [-0.2, 0) is 14.3 Å². The Balaban J connectivity index is 0.000000249. The van der Waals surface area contributed by atoms with Crippen molar-refractivity contribution in [1.82, 2.24) is 0 Å². The molecule has 0 radical (unpaired) electrons. The van der Waals surface area contributed by atoms with E-state index in [1.54, 1.807) is 6.08 Å². The molecule has 0 saturated carbocycles. The molecule has 0 atom stereocenters. The number of carboxylic acid groups (broad SMARTS) is 1. The average molecular weight is 202 g/mol. The number of ether oxygens (including phenoxy) is 2. The summed E-state index contributed by atoms with van der Waals surface area (Å²) in [5.74, 6) is -0.863. The zero-order chi connectivity index (χ0) is 10.6. The highest BCUT2D eigenvalue weighted by molar-refractivity contribution is 5.79. The Morgan fingerprint density at radius 1 is 1.29 bits per heavy atom. The van der Waals surface area contributed by atoms with Crippen molar-refractivity contribution in [3.05, 3.63) is 12.2 Å². The number of aliphatic carboxylic acids is 1. The summed E-state index contributed by atoms with van der Waals surface area (Å²) in [6, 6.07) is 0. The lowest BCUT2D eigenvalue weighted by atomic mass is 10.3. The molecule has 82 valence electrons. The summed E-state index contributed by atoms with van der Waals surface area (Å²) < 4.78 is 9.89. The molecule has 1 aliphatic rings. The molecule has 4 heteroatoms. The van der Waals surface area contributed by atoms with Gasteiger partial charge in [0.25, 0.3) is 0 Å². The molecule has 0 bridgehead atoms. The third kappa shape index (κ3) is 11.1. The zero-order valence-electron chi connectivity index (χ0n) is 8.57. The lowest BCUT2D eigenvalue weighted by molar-refractivity contribution is -0.131. The monoisotopic (exact) mass is 202 g/mol. The number of hydrogen-bond donors (Lipinski definition) is 1. The lowest BCUT2D eigenvalue weighted by Crippen LogP contribution is -2.16. The van der Waals surface area contributed by atoms with E-state index in [0.29, 0.717) is 0 Å². The van der Waals surface area contributed by atoms with Gasteiger partial charge >= 0.3 is 5.97 Å². The molecule has 1 heterocycles. The molecular formula is C10H18O4. The summed E-state index contributed by atoms with van der Waals surface area (Å²) >= 11 is 0. The van der Waals surface area contributed by atoms with Gasteiger partial charge in [0.1, 0.15) is 0 Å². The van der Waals surface area contributed by atoms with Crippen molar-refractivity contribution in [2.24, 2.45) is 0 Å². The zero-order valence-corrected chi connectivity index (χ0v) is 8.57. The topological polar surface area (TPSA) is 55.8 Å². The predicted octanol–water partition coefficient (Wildman–Crippen LogP) is 1.46. The number of allylic oxidation sites excluding steroid dienone is 1. The molecule has 14 heavy (non-hydrogen) atoms. The second-order valence-electron chi connectivity index (χ2n) is 2.75. The van der Waals surface area contributed by atoms with Crippen molar-refractivity contribution >= 4 is 5.97 Å². The highest BCUT2D eigenvalue weighted by Gasteiger charge is 1.94. The van der Waals surface area contributed by atoms with Gasteiger partial charge in [-0.25, -0.2) is 4.79 Å². The fourth-order valence-electron chi connectivity index (χ4n) is 0.791. The van der Waals surface area contributed by atoms with Crippen LogP contribution in [0.5, 0.6) is 0 Å². The number of unbranched alkanes of at least 4 members (excludes halogenated alkanes) is 1. The summed E-state index contributed by atoms with van der Waals surface area (Å²) in [7, 11) is 0. The van der Waals surface area contributed by atoms with Crippen molar-refractivity contribution in [2.45, 2.75) is 19.8 Å². The maximum absolute atomic E-state index is 9.79. The van der Waals surface area contributed by atoms with Crippen LogP contribution in [0.3, 0.4) is 0 Å². The van der Waals surface area contributed by atoms with Crippen LogP contribution in [0.1, 0.15) is 19.8 Å². The Labute approximate surface area is 84.5 Å². The van der Waals surface area contributed by atoms with Crippen molar-refractivity contribution in [2.75, 3.05) is 26.4 Å². The Morgan fingerprint density at radius 3 is 2.07 bits per heavy atom. The minimum atomic E-state index is -0.863. The van der Waals surface area contributed by atoms with Gasteiger partial charge in [-0.1, -0.05) is 19.4 Å². The molecule has 0 aromatic rings. The van der Waals surface area contributed by atoms with Gasteiger partial charge in [0.15, 0.2) is 0 Å². The Morgan fingerprint density at radius 2 is 1.79 bits per heavy atom. The second kappa shape index (κ2) is 10.2. The van der Waals surface area contributed by atoms with E-state index in [4.69, 9.17) is 14.6 Å². The molecule has 0 aromatic heterocycles. The van der Waals surface area contributed by atoms with E-state index in [1.165, 1.54) is 6.08 Å². The molecule has 1 rings (SSSR count). The normalized spacial score (nSPS) is 16.1. The van der Waals surface area contributed by atoms with Crippen molar-refractivity contribution in [3.63, 3.8) is 0 Å². The molecule has 1 fully saturated rings. The van der Waals surface area contributed by atoms with Crippen LogP contribution >= 0.6 is 0 Å². The molecule has 1 aliphatic heterocycles. The molecule has 0 aromatic carbocycles. The lowest BCUT2D eigenvalue weighted by Gasteiger charge is -2.09. The van der Waals surface area contributed by atoms with Crippen molar-refractivity contribution in [1.29, 1.82) is 0 Å². The van der Waals surface area contributed by atoms with E-state index in [0.717, 1.165) is 39.3 Å². The predicted molar refractivity (Wildman–Crippen MR) is 53.3 cm³/mol. The molecule has 1 saturated heterocycles. The van der Waals surface area contributed by atoms with Gasteiger partial charge < -0.3 is 14.6 Å². The van der Waals surface area contributed by atoms with E-state index < -0.39 is 5.97 Å². The van der Waals surface area contributed by atoms with Crippen LogP contribution in [0.25, 0.3) is 0 Å². The van der Waals surface area contributed by atoms with Crippen LogP contribution in [0.2, 0.25) is 0 Å². The molecule has 0 amide bonds. The van der Waals surface area contributed by atoms with Gasteiger partial charge in [-0.05, 0) is 6.42 Å². The van der Waals surface area contributed by atoms with Crippen molar-refractivity contribution < 1.29 is 19.4 Å². The van der Waals surface area contributed by atoms with Gasteiger partial charge in [-0.3, -0.25) is 0 Å². The van der Waals surface area contributed by atoms with Gasteiger partial charge in [0.2, 0.25) is 0 Å². The fourth-order valence-corrected chi connectivity index (χ4v) is 0.791. The van der Waals surface area contributed by atoms with E-state index in [1.807, 2.05) is 6.92 Å². The maximum atomic E-state index is 9.79. The van der Waals surface area contributed by atoms with E-state index in [9.17, 15) is 4.79 Å². The van der Waals surface area contributed by atoms with E-state index in [-0.39, 0.29) is 0 Å². The average Bonchev–Trinajstić information content (AvgIpc) is 2.21. The minimum absolute atomic E-state index is 0.778. The summed E-state index contributed by atoms with van der Waals surface area (Å²) in [5.41, 5.74) is 0. The summed E-state index contributed by atoms with van der Waals surface area (Å²) in [4.78, 5) is 9.79. The van der Waals surface area contributed by atoms with E-state index in [2.05, 4.69) is 0 Å². The van der Waals surface area contributed by atoms with Crippen LogP contribution in [0.15, 0.2) is 12.2 Å². The number of carbonyl (C=O) groups is 1. The molecule has 4 nitrogen and oxygen atoms in total. The number of hydrogen-bond acceptors (Lipinski definition) is 3. The summed E-state index contributed by atoms with van der Waals surface area (Å²) in [6.07, 6.45) is 4.68. The van der Waals surface area contributed by atoms with Gasteiger partial charge in [0.05, 0.1) is 26.4 Å². The summed E-state index contributed by atoms with van der Waals surface area (Å²) in [6.45, 7) is 5.12. The first-order chi connectivity index (χ1) is 6.77. The quantitative estimate of drug-likeness (QED) is 0.704. The van der Waals surface area contributed by atoms with Crippen molar-refractivity contribution in [3.8, 4) is 0 Å². The second-order valence-corrected chi connectivity index (χ2v) is 2.75. The van der Waals surface area contributed by atoms with E-state index >= 15 is 0 Å². The third-order valence-corrected chi connectivity index (χ3v) is 1.46. The van der Waals surface area contributed by atoms with Crippen LogP contribution in [-0.4, -0.2) is 37.5 Å². The highest BCUT2D eigenvalue weighted by Crippen LogP contribution is 1.86. The molecular weight excluding hydrogens is 184 g/mol. The fraction of sp³-hybridized carbons (Fsp3) is 0.700. The van der Waals surface area contributed by atoms with Gasteiger partial charge in [0, 0.05) is 6.08 Å². The Kier molecular flexibility index (Phi) is 9.58.